The number of likely N-dealkylation sites (tertiary alicyclic amines) is 1. The third kappa shape index (κ3) is 2.97. The highest BCUT2D eigenvalue weighted by Gasteiger charge is 2.30. The van der Waals surface area contributed by atoms with Crippen LogP contribution in [0.1, 0.15) is 41.5 Å². The first-order valence-corrected chi connectivity index (χ1v) is 8.66. The standard InChI is InChI=1S/C20H21N3O2/c1-25-15-11-9-14(10-12-15)20(24)23-13-5-4-8-18(23)19-21-16-6-2-3-7-17(16)22-19/h2-3,6-7,9-12,18H,4-5,8,13H2,1H3,(H,21,22). The lowest BCUT2D eigenvalue weighted by Gasteiger charge is -2.34. The number of rotatable bonds is 3. The molecule has 2 aromatic carbocycles. The number of hydrogen-bond donors (Lipinski definition) is 1. The van der Waals surface area contributed by atoms with E-state index in [9.17, 15) is 4.79 Å². The smallest absolute Gasteiger partial charge is 0.254 e. The number of hydrogen-bond acceptors (Lipinski definition) is 3. The first kappa shape index (κ1) is 15.7. The summed E-state index contributed by atoms with van der Waals surface area (Å²) in [4.78, 5) is 23.1. The quantitative estimate of drug-likeness (QED) is 0.789. The summed E-state index contributed by atoms with van der Waals surface area (Å²) in [7, 11) is 1.62. The van der Waals surface area contributed by atoms with Crippen LogP contribution in [-0.2, 0) is 0 Å². The number of fused-ring (bicyclic) bond motifs is 1. The molecule has 1 aliphatic rings. The van der Waals surface area contributed by atoms with Gasteiger partial charge in [-0.2, -0.15) is 0 Å². The molecule has 1 saturated heterocycles. The highest BCUT2D eigenvalue weighted by molar-refractivity contribution is 5.94. The average Bonchev–Trinajstić information content (AvgIpc) is 3.11. The molecule has 0 spiro atoms. The molecule has 0 radical (unpaired) electrons. The van der Waals surface area contributed by atoms with Crippen molar-refractivity contribution in [3.63, 3.8) is 0 Å². The van der Waals surface area contributed by atoms with E-state index in [2.05, 4.69) is 4.98 Å². The molecule has 0 saturated carbocycles. The Morgan fingerprint density at radius 3 is 2.72 bits per heavy atom. The normalized spacial score (nSPS) is 17.6. The van der Waals surface area contributed by atoms with Crippen molar-refractivity contribution in [1.82, 2.24) is 14.9 Å². The van der Waals surface area contributed by atoms with Gasteiger partial charge in [0.1, 0.15) is 11.6 Å². The van der Waals surface area contributed by atoms with Crippen molar-refractivity contribution in [2.45, 2.75) is 25.3 Å². The number of nitrogens with one attached hydrogen (secondary N) is 1. The first-order valence-electron chi connectivity index (χ1n) is 8.66. The summed E-state index contributed by atoms with van der Waals surface area (Å²) in [5, 5.41) is 0. The Balaban J connectivity index is 1.64. The zero-order valence-electron chi connectivity index (χ0n) is 14.2. The Labute approximate surface area is 146 Å². The van der Waals surface area contributed by atoms with Gasteiger partial charge in [-0.25, -0.2) is 4.98 Å². The van der Waals surface area contributed by atoms with E-state index in [0.717, 1.165) is 48.4 Å². The van der Waals surface area contributed by atoms with Gasteiger partial charge in [-0.1, -0.05) is 12.1 Å². The molecule has 128 valence electrons. The van der Waals surface area contributed by atoms with Crippen LogP contribution >= 0.6 is 0 Å². The second-order valence-corrected chi connectivity index (χ2v) is 6.38. The van der Waals surface area contributed by atoms with E-state index in [0.29, 0.717) is 5.56 Å². The van der Waals surface area contributed by atoms with Gasteiger partial charge in [-0.15, -0.1) is 0 Å². The van der Waals surface area contributed by atoms with E-state index in [1.54, 1.807) is 7.11 Å². The molecule has 4 rings (SSSR count). The monoisotopic (exact) mass is 335 g/mol. The summed E-state index contributed by atoms with van der Waals surface area (Å²) in [5.41, 5.74) is 2.64. The Hall–Kier alpha value is -2.82. The number of imidazole rings is 1. The van der Waals surface area contributed by atoms with Crippen LogP contribution in [0.15, 0.2) is 48.5 Å². The average molecular weight is 335 g/mol. The molecule has 0 bridgehead atoms. The third-order valence-corrected chi connectivity index (χ3v) is 4.82. The van der Waals surface area contributed by atoms with E-state index < -0.39 is 0 Å². The first-order chi connectivity index (χ1) is 12.3. The van der Waals surface area contributed by atoms with Gasteiger partial charge in [0.15, 0.2) is 0 Å². The van der Waals surface area contributed by atoms with Crippen molar-refractivity contribution >= 4 is 16.9 Å². The molecule has 2 heterocycles. The van der Waals surface area contributed by atoms with Gasteiger partial charge in [0.25, 0.3) is 5.91 Å². The number of carbonyl (C=O) groups excluding carboxylic acids is 1. The highest BCUT2D eigenvalue weighted by atomic mass is 16.5. The molecule has 1 atom stereocenters. The Morgan fingerprint density at radius 2 is 1.96 bits per heavy atom. The Bertz CT molecular complexity index is 852. The fourth-order valence-electron chi connectivity index (χ4n) is 3.49. The van der Waals surface area contributed by atoms with Crippen molar-refractivity contribution < 1.29 is 9.53 Å². The highest BCUT2D eigenvalue weighted by Crippen LogP contribution is 2.32. The maximum absolute atomic E-state index is 13.0. The van der Waals surface area contributed by atoms with Crippen molar-refractivity contribution in [2.24, 2.45) is 0 Å². The molecular weight excluding hydrogens is 314 g/mol. The number of amides is 1. The van der Waals surface area contributed by atoms with E-state index >= 15 is 0 Å². The van der Waals surface area contributed by atoms with Crippen LogP contribution in [0.25, 0.3) is 11.0 Å². The number of para-hydroxylation sites is 2. The van der Waals surface area contributed by atoms with Crippen molar-refractivity contribution in [3.05, 3.63) is 59.9 Å². The minimum absolute atomic E-state index is 0.00393. The van der Waals surface area contributed by atoms with Crippen LogP contribution in [0, 0.1) is 0 Å². The number of aromatic amines is 1. The van der Waals surface area contributed by atoms with Crippen molar-refractivity contribution in [1.29, 1.82) is 0 Å². The van der Waals surface area contributed by atoms with E-state index in [4.69, 9.17) is 9.72 Å². The fraction of sp³-hybridized carbons (Fsp3) is 0.300. The van der Waals surface area contributed by atoms with Gasteiger partial charge in [-0.05, 0) is 55.7 Å². The molecule has 5 nitrogen and oxygen atoms in total. The van der Waals surface area contributed by atoms with Gasteiger partial charge in [0.2, 0.25) is 0 Å². The minimum atomic E-state index is -0.00393. The molecule has 1 N–H and O–H groups in total. The number of carbonyl (C=O) groups is 1. The summed E-state index contributed by atoms with van der Waals surface area (Å²) in [6, 6.07) is 15.3. The maximum atomic E-state index is 13.0. The van der Waals surface area contributed by atoms with Gasteiger partial charge in [-0.3, -0.25) is 4.79 Å². The maximum Gasteiger partial charge on any atom is 0.254 e. The molecule has 25 heavy (non-hydrogen) atoms. The second-order valence-electron chi connectivity index (χ2n) is 6.38. The molecule has 1 fully saturated rings. The number of H-pyrrole nitrogens is 1. The SMILES string of the molecule is COc1ccc(C(=O)N2CCCCC2c2nc3ccccc3[nH]2)cc1. The summed E-state index contributed by atoms with van der Waals surface area (Å²) >= 11 is 0. The molecule has 5 heteroatoms. The zero-order valence-corrected chi connectivity index (χ0v) is 14.2. The lowest BCUT2D eigenvalue weighted by Crippen LogP contribution is -2.39. The lowest BCUT2D eigenvalue weighted by atomic mass is 10.00. The molecule has 1 aromatic heterocycles. The lowest BCUT2D eigenvalue weighted by molar-refractivity contribution is 0.0601. The number of aromatic nitrogens is 2. The van der Waals surface area contributed by atoms with Crippen molar-refractivity contribution in [2.75, 3.05) is 13.7 Å². The molecule has 0 aliphatic carbocycles. The Morgan fingerprint density at radius 1 is 1.16 bits per heavy atom. The largest absolute Gasteiger partial charge is 0.497 e. The van der Waals surface area contributed by atoms with E-state index in [-0.39, 0.29) is 11.9 Å². The molecule has 1 aliphatic heterocycles. The zero-order chi connectivity index (χ0) is 17.2. The summed E-state index contributed by atoms with van der Waals surface area (Å²) < 4.78 is 5.18. The summed E-state index contributed by atoms with van der Waals surface area (Å²) in [6.45, 7) is 0.757. The van der Waals surface area contributed by atoms with Gasteiger partial charge >= 0.3 is 0 Å². The molecule has 3 aromatic rings. The predicted molar refractivity (Wildman–Crippen MR) is 96.7 cm³/mol. The summed E-state index contributed by atoms with van der Waals surface area (Å²) in [5.74, 6) is 1.68. The molecule has 1 unspecified atom stereocenters. The van der Waals surface area contributed by atoms with Crippen molar-refractivity contribution in [3.8, 4) is 5.75 Å². The van der Waals surface area contributed by atoms with E-state index in [1.165, 1.54) is 0 Å². The second kappa shape index (κ2) is 6.59. The topological polar surface area (TPSA) is 58.2 Å². The van der Waals surface area contributed by atoms with Gasteiger partial charge in [0, 0.05) is 12.1 Å². The number of ether oxygens (including phenoxy) is 1. The fourth-order valence-corrected chi connectivity index (χ4v) is 3.49. The number of methoxy groups -OCH3 is 1. The predicted octanol–water partition coefficient (Wildman–Crippen LogP) is 3.94. The minimum Gasteiger partial charge on any atom is -0.497 e. The van der Waals surface area contributed by atoms with Crippen LogP contribution < -0.4 is 4.74 Å². The Kier molecular flexibility index (Phi) is 4.14. The van der Waals surface area contributed by atoms with Crippen LogP contribution in [-0.4, -0.2) is 34.4 Å². The number of benzene rings is 2. The molecular formula is C20H21N3O2. The van der Waals surface area contributed by atoms with Gasteiger partial charge in [0.05, 0.1) is 24.2 Å². The van der Waals surface area contributed by atoms with Crippen LogP contribution in [0.2, 0.25) is 0 Å². The van der Waals surface area contributed by atoms with E-state index in [1.807, 2.05) is 53.4 Å². The number of piperidine rings is 1. The number of nitrogens with zero attached hydrogens (tertiary/aromatic N) is 2. The molecule has 1 amide bonds. The third-order valence-electron chi connectivity index (χ3n) is 4.82. The van der Waals surface area contributed by atoms with Crippen LogP contribution in [0.5, 0.6) is 5.75 Å². The van der Waals surface area contributed by atoms with Gasteiger partial charge < -0.3 is 14.6 Å². The van der Waals surface area contributed by atoms with Crippen LogP contribution in [0.4, 0.5) is 0 Å². The van der Waals surface area contributed by atoms with Crippen LogP contribution in [0.3, 0.4) is 0 Å². The summed E-state index contributed by atoms with van der Waals surface area (Å²) in [6.07, 6.45) is 3.06.